The van der Waals surface area contributed by atoms with E-state index in [0.717, 1.165) is 23.4 Å². The topological polar surface area (TPSA) is 96.0 Å². The SMILES string of the molecule is CCCC(C)NC(=O)CN(c1ccc(C(=O)N2CCOCC2)cc1)S(C)(=O)=O. The summed E-state index contributed by atoms with van der Waals surface area (Å²) < 4.78 is 30.7. The highest BCUT2D eigenvalue weighted by atomic mass is 32.2. The molecule has 156 valence electrons. The second-order valence-corrected chi connectivity index (χ2v) is 8.89. The van der Waals surface area contributed by atoms with E-state index in [1.54, 1.807) is 29.2 Å². The highest BCUT2D eigenvalue weighted by molar-refractivity contribution is 7.92. The largest absolute Gasteiger partial charge is 0.378 e. The Morgan fingerprint density at radius 2 is 1.82 bits per heavy atom. The average molecular weight is 412 g/mol. The van der Waals surface area contributed by atoms with Crippen molar-refractivity contribution in [2.45, 2.75) is 32.7 Å². The minimum Gasteiger partial charge on any atom is -0.378 e. The number of anilines is 1. The van der Waals surface area contributed by atoms with Gasteiger partial charge in [-0.1, -0.05) is 13.3 Å². The van der Waals surface area contributed by atoms with Crippen LogP contribution < -0.4 is 9.62 Å². The van der Waals surface area contributed by atoms with Gasteiger partial charge in [0.05, 0.1) is 25.2 Å². The third-order valence-corrected chi connectivity index (χ3v) is 5.66. The second kappa shape index (κ2) is 9.88. The van der Waals surface area contributed by atoms with Gasteiger partial charge in [-0.15, -0.1) is 0 Å². The number of hydrogen-bond acceptors (Lipinski definition) is 5. The molecule has 1 aromatic rings. The maximum atomic E-state index is 12.5. The van der Waals surface area contributed by atoms with E-state index in [2.05, 4.69) is 5.32 Å². The Morgan fingerprint density at radius 3 is 2.36 bits per heavy atom. The smallest absolute Gasteiger partial charge is 0.254 e. The quantitative estimate of drug-likeness (QED) is 0.694. The number of benzene rings is 1. The molecule has 0 spiro atoms. The molecule has 0 saturated carbocycles. The Bertz CT molecular complexity index is 773. The fourth-order valence-corrected chi connectivity index (χ4v) is 3.93. The van der Waals surface area contributed by atoms with Crippen molar-refractivity contribution < 1.29 is 22.7 Å². The molecule has 1 aliphatic heterocycles. The van der Waals surface area contributed by atoms with Crippen LogP contribution in [0.3, 0.4) is 0 Å². The maximum absolute atomic E-state index is 12.5. The van der Waals surface area contributed by atoms with Crippen molar-refractivity contribution in [1.29, 1.82) is 0 Å². The minimum atomic E-state index is -3.65. The van der Waals surface area contributed by atoms with Crippen molar-refractivity contribution in [2.24, 2.45) is 0 Å². The Hall–Kier alpha value is -2.13. The molecule has 0 bridgehead atoms. The molecule has 1 aliphatic rings. The van der Waals surface area contributed by atoms with Crippen LogP contribution in [-0.4, -0.2) is 70.3 Å². The zero-order valence-corrected chi connectivity index (χ0v) is 17.5. The van der Waals surface area contributed by atoms with Crippen LogP contribution in [0.25, 0.3) is 0 Å². The molecular formula is C19H29N3O5S. The van der Waals surface area contributed by atoms with Crippen molar-refractivity contribution in [2.75, 3.05) is 43.4 Å². The van der Waals surface area contributed by atoms with Gasteiger partial charge >= 0.3 is 0 Å². The number of amides is 2. The first kappa shape index (κ1) is 22.2. The van der Waals surface area contributed by atoms with Gasteiger partial charge in [0, 0.05) is 24.7 Å². The lowest BCUT2D eigenvalue weighted by Gasteiger charge is -2.27. The third kappa shape index (κ3) is 6.20. The number of rotatable bonds is 8. The second-order valence-electron chi connectivity index (χ2n) is 6.98. The standard InChI is InChI=1S/C19H29N3O5S/c1-4-5-15(2)20-18(23)14-22(28(3,25)26)17-8-6-16(7-9-17)19(24)21-10-12-27-13-11-21/h6-9,15H,4-5,10-14H2,1-3H3,(H,20,23). The molecule has 2 amide bonds. The summed E-state index contributed by atoms with van der Waals surface area (Å²) in [5.74, 6) is -0.480. The Kier molecular flexibility index (Phi) is 7.82. The summed E-state index contributed by atoms with van der Waals surface area (Å²) in [5, 5.41) is 2.81. The van der Waals surface area contributed by atoms with E-state index in [-0.39, 0.29) is 24.4 Å². The number of nitrogens with one attached hydrogen (secondary N) is 1. The average Bonchev–Trinajstić information content (AvgIpc) is 2.66. The summed E-state index contributed by atoms with van der Waals surface area (Å²) in [6.45, 7) is 5.69. The highest BCUT2D eigenvalue weighted by Gasteiger charge is 2.23. The van der Waals surface area contributed by atoms with Crippen LogP contribution in [0.4, 0.5) is 5.69 Å². The predicted molar refractivity (Wildman–Crippen MR) is 108 cm³/mol. The molecule has 8 nitrogen and oxygen atoms in total. The van der Waals surface area contributed by atoms with E-state index in [0.29, 0.717) is 37.6 Å². The Labute approximate surface area is 166 Å². The van der Waals surface area contributed by atoms with Crippen LogP contribution in [-0.2, 0) is 19.6 Å². The molecule has 9 heteroatoms. The van der Waals surface area contributed by atoms with Crippen molar-refractivity contribution >= 4 is 27.5 Å². The van der Waals surface area contributed by atoms with E-state index in [1.165, 1.54) is 0 Å². The monoisotopic (exact) mass is 411 g/mol. The number of ether oxygens (including phenoxy) is 1. The zero-order chi connectivity index (χ0) is 20.7. The van der Waals surface area contributed by atoms with Gasteiger partial charge in [0.1, 0.15) is 6.54 Å². The van der Waals surface area contributed by atoms with Crippen molar-refractivity contribution in [3.05, 3.63) is 29.8 Å². The molecule has 0 radical (unpaired) electrons. The van der Waals surface area contributed by atoms with E-state index < -0.39 is 10.0 Å². The van der Waals surface area contributed by atoms with Crippen LogP contribution >= 0.6 is 0 Å². The summed E-state index contributed by atoms with van der Waals surface area (Å²) in [6, 6.07) is 6.26. The fraction of sp³-hybridized carbons (Fsp3) is 0.579. The van der Waals surface area contributed by atoms with Gasteiger partial charge in [-0.05, 0) is 37.6 Å². The normalized spacial score (nSPS) is 15.8. The lowest BCUT2D eigenvalue weighted by atomic mass is 10.1. The van der Waals surface area contributed by atoms with Crippen LogP contribution in [0.15, 0.2) is 24.3 Å². The van der Waals surface area contributed by atoms with Crippen molar-refractivity contribution in [1.82, 2.24) is 10.2 Å². The summed E-state index contributed by atoms with van der Waals surface area (Å²) in [6.07, 6.45) is 2.81. The van der Waals surface area contributed by atoms with E-state index in [9.17, 15) is 18.0 Å². The molecule has 1 atom stereocenters. The van der Waals surface area contributed by atoms with Gasteiger partial charge in [-0.2, -0.15) is 0 Å². The van der Waals surface area contributed by atoms with E-state index in [1.807, 2.05) is 13.8 Å². The van der Waals surface area contributed by atoms with Gasteiger partial charge in [-0.25, -0.2) is 8.42 Å². The third-order valence-electron chi connectivity index (χ3n) is 4.52. The zero-order valence-electron chi connectivity index (χ0n) is 16.7. The number of nitrogens with zero attached hydrogens (tertiary/aromatic N) is 2. The molecule has 28 heavy (non-hydrogen) atoms. The lowest BCUT2D eigenvalue weighted by molar-refractivity contribution is -0.120. The molecule has 2 rings (SSSR count). The van der Waals surface area contributed by atoms with E-state index >= 15 is 0 Å². The van der Waals surface area contributed by atoms with Crippen LogP contribution in [0.5, 0.6) is 0 Å². The summed E-state index contributed by atoms with van der Waals surface area (Å²) >= 11 is 0. The van der Waals surface area contributed by atoms with Crippen molar-refractivity contribution in [3.63, 3.8) is 0 Å². The first-order chi connectivity index (χ1) is 13.2. The number of carbonyl (C=O) groups is 2. The molecular weight excluding hydrogens is 382 g/mol. The lowest BCUT2D eigenvalue weighted by Crippen LogP contribution is -2.43. The van der Waals surface area contributed by atoms with E-state index in [4.69, 9.17) is 4.74 Å². The number of sulfonamides is 1. The summed E-state index contributed by atoms with van der Waals surface area (Å²) in [7, 11) is -3.65. The van der Waals surface area contributed by atoms with Gasteiger partial charge in [0.2, 0.25) is 15.9 Å². The van der Waals surface area contributed by atoms with Gasteiger partial charge < -0.3 is 15.0 Å². The molecule has 1 saturated heterocycles. The number of hydrogen-bond donors (Lipinski definition) is 1. The van der Waals surface area contributed by atoms with Gasteiger partial charge in [0.15, 0.2) is 0 Å². The fourth-order valence-electron chi connectivity index (χ4n) is 3.08. The van der Waals surface area contributed by atoms with Gasteiger partial charge in [-0.3, -0.25) is 13.9 Å². The van der Waals surface area contributed by atoms with Gasteiger partial charge in [0.25, 0.3) is 5.91 Å². The van der Waals surface area contributed by atoms with Crippen LogP contribution in [0.1, 0.15) is 37.0 Å². The minimum absolute atomic E-state index is 0.0209. The molecule has 1 fully saturated rings. The van der Waals surface area contributed by atoms with Crippen LogP contribution in [0.2, 0.25) is 0 Å². The summed E-state index contributed by atoms with van der Waals surface area (Å²) in [5.41, 5.74) is 0.819. The molecule has 0 aromatic heterocycles. The van der Waals surface area contributed by atoms with Crippen LogP contribution in [0, 0.1) is 0 Å². The Morgan fingerprint density at radius 1 is 1.21 bits per heavy atom. The van der Waals surface area contributed by atoms with Crippen molar-refractivity contribution in [3.8, 4) is 0 Å². The highest BCUT2D eigenvalue weighted by Crippen LogP contribution is 2.19. The molecule has 1 N–H and O–H groups in total. The Balaban J connectivity index is 2.11. The number of carbonyl (C=O) groups excluding carboxylic acids is 2. The maximum Gasteiger partial charge on any atom is 0.254 e. The molecule has 1 unspecified atom stereocenters. The summed E-state index contributed by atoms with van der Waals surface area (Å²) in [4.78, 5) is 26.5. The molecule has 1 aromatic carbocycles. The molecule has 0 aliphatic carbocycles. The predicted octanol–water partition coefficient (Wildman–Crippen LogP) is 1.23. The molecule has 1 heterocycles. The first-order valence-corrected chi connectivity index (χ1v) is 11.3. The number of morpholine rings is 1. The first-order valence-electron chi connectivity index (χ1n) is 9.46.